The quantitative estimate of drug-likeness (QED) is 0.942. The van der Waals surface area contributed by atoms with Gasteiger partial charge < -0.3 is 14.6 Å². The van der Waals surface area contributed by atoms with Crippen LogP contribution in [0, 0.1) is 20.8 Å². The van der Waals surface area contributed by atoms with Gasteiger partial charge in [0.2, 0.25) is 0 Å². The number of nitrogens with zero attached hydrogens (tertiary/aromatic N) is 3. The van der Waals surface area contributed by atoms with Crippen LogP contribution < -0.4 is 5.32 Å². The molecular formula is C14H20N4O2S. The zero-order chi connectivity index (χ0) is 15.6. The van der Waals surface area contributed by atoms with Gasteiger partial charge in [-0.2, -0.15) is 0 Å². The zero-order valence-corrected chi connectivity index (χ0v) is 13.7. The number of rotatable bonds is 4. The summed E-state index contributed by atoms with van der Waals surface area (Å²) < 4.78 is 5.11. The maximum absolute atomic E-state index is 12.2. The Morgan fingerprint density at radius 2 is 2.19 bits per heavy atom. The first-order chi connectivity index (χ1) is 9.90. The van der Waals surface area contributed by atoms with Crippen molar-refractivity contribution in [3.05, 3.63) is 33.4 Å². The Hall–Kier alpha value is -1.89. The fraction of sp³-hybridized carbons (Fsp3) is 0.500. The Morgan fingerprint density at radius 3 is 2.71 bits per heavy atom. The molecule has 1 unspecified atom stereocenters. The minimum atomic E-state index is -0.143. The lowest BCUT2D eigenvalue weighted by Gasteiger charge is -2.24. The zero-order valence-electron chi connectivity index (χ0n) is 12.9. The minimum Gasteiger partial charge on any atom is -0.448 e. The molecule has 114 valence electrons. The van der Waals surface area contributed by atoms with Crippen LogP contribution in [0.1, 0.15) is 40.0 Å². The van der Waals surface area contributed by atoms with E-state index < -0.39 is 0 Å². The SMILES string of the molecule is Cc1nc(C)c(C(C)N(C)C(=O)NCc2ncoc2C)s1. The lowest BCUT2D eigenvalue weighted by molar-refractivity contribution is 0.194. The van der Waals surface area contributed by atoms with Crippen LogP contribution in [0.5, 0.6) is 0 Å². The molecule has 0 spiro atoms. The molecule has 0 saturated heterocycles. The molecule has 0 aliphatic heterocycles. The Labute approximate surface area is 128 Å². The highest BCUT2D eigenvalue weighted by atomic mass is 32.1. The van der Waals surface area contributed by atoms with E-state index in [-0.39, 0.29) is 12.1 Å². The summed E-state index contributed by atoms with van der Waals surface area (Å²) in [4.78, 5) is 23.5. The van der Waals surface area contributed by atoms with Gasteiger partial charge in [-0.1, -0.05) is 0 Å². The molecule has 0 fully saturated rings. The van der Waals surface area contributed by atoms with E-state index in [1.807, 2.05) is 27.7 Å². The van der Waals surface area contributed by atoms with Crippen LogP contribution in [0.15, 0.2) is 10.8 Å². The Balaban J connectivity index is 1.98. The van der Waals surface area contributed by atoms with E-state index in [0.29, 0.717) is 6.54 Å². The number of aromatic nitrogens is 2. The number of carbonyl (C=O) groups is 1. The Morgan fingerprint density at radius 1 is 1.48 bits per heavy atom. The van der Waals surface area contributed by atoms with Crippen molar-refractivity contribution < 1.29 is 9.21 Å². The average Bonchev–Trinajstić information content (AvgIpc) is 2.99. The molecule has 0 aromatic carbocycles. The minimum absolute atomic E-state index is 0.0189. The maximum Gasteiger partial charge on any atom is 0.317 e. The van der Waals surface area contributed by atoms with Crippen LogP contribution in [-0.4, -0.2) is 27.9 Å². The summed E-state index contributed by atoms with van der Waals surface area (Å²) in [6.45, 7) is 8.13. The second kappa shape index (κ2) is 6.26. The first-order valence-corrected chi connectivity index (χ1v) is 7.55. The summed E-state index contributed by atoms with van der Waals surface area (Å²) in [6.07, 6.45) is 1.38. The molecule has 2 amide bonds. The fourth-order valence-electron chi connectivity index (χ4n) is 2.07. The first kappa shape index (κ1) is 15.5. The van der Waals surface area contributed by atoms with Crippen LogP contribution >= 0.6 is 11.3 Å². The highest BCUT2D eigenvalue weighted by Crippen LogP contribution is 2.28. The van der Waals surface area contributed by atoms with Crippen molar-refractivity contribution in [3.8, 4) is 0 Å². The predicted molar refractivity (Wildman–Crippen MR) is 81.2 cm³/mol. The number of amides is 2. The van der Waals surface area contributed by atoms with Crippen LogP contribution in [0.2, 0.25) is 0 Å². The van der Waals surface area contributed by atoms with Crippen molar-refractivity contribution >= 4 is 17.4 Å². The maximum atomic E-state index is 12.2. The number of nitrogens with one attached hydrogen (secondary N) is 1. The smallest absolute Gasteiger partial charge is 0.317 e. The van der Waals surface area contributed by atoms with Gasteiger partial charge in [-0.15, -0.1) is 11.3 Å². The topological polar surface area (TPSA) is 71.3 Å². The van der Waals surface area contributed by atoms with E-state index in [1.54, 1.807) is 23.3 Å². The normalized spacial score (nSPS) is 12.2. The van der Waals surface area contributed by atoms with E-state index >= 15 is 0 Å². The molecule has 0 bridgehead atoms. The third-order valence-corrected chi connectivity index (χ3v) is 4.71. The molecule has 7 heteroatoms. The molecule has 1 atom stereocenters. The van der Waals surface area contributed by atoms with Gasteiger partial charge in [0, 0.05) is 11.9 Å². The summed E-state index contributed by atoms with van der Waals surface area (Å²) in [5.41, 5.74) is 1.73. The highest BCUT2D eigenvalue weighted by Gasteiger charge is 2.21. The molecule has 0 saturated carbocycles. The number of thiazole rings is 1. The van der Waals surface area contributed by atoms with Crippen molar-refractivity contribution in [2.75, 3.05) is 7.05 Å². The van der Waals surface area contributed by atoms with Gasteiger partial charge in [0.25, 0.3) is 0 Å². The second-order valence-corrected chi connectivity index (χ2v) is 6.22. The number of aryl methyl sites for hydroxylation is 3. The lowest BCUT2D eigenvalue weighted by atomic mass is 10.2. The number of hydrogen-bond acceptors (Lipinski definition) is 5. The summed E-state index contributed by atoms with van der Waals surface area (Å²) in [5.74, 6) is 0.722. The van der Waals surface area contributed by atoms with E-state index in [0.717, 1.165) is 27.0 Å². The molecule has 0 aliphatic rings. The van der Waals surface area contributed by atoms with Gasteiger partial charge in [0.1, 0.15) is 11.5 Å². The van der Waals surface area contributed by atoms with E-state index in [9.17, 15) is 4.79 Å². The first-order valence-electron chi connectivity index (χ1n) is 6.73. The number of urea groups is 1. The van der Waals surface area contributed by atoms with Crippen molar-refractivity contribution in [2.45, 2.75) is 40.3 Å². The molecule has 21 heavy (non-hydrogen) atoms. The Bertz CT molecular complexity index is 635. The van der Waals surface area contributed by atoms with Gasteiger partial charge >= 0.3 is 6.03 Å². The van der Waals surface area contributed by atoms with Crippen molar-refractivity contribution in [1.29, 1.82) is 0 Å². The highest BCUT2D eigenvalue weighted by molar-refractivity contribution is 7.11. The second-order valence-electron chi connectivity index (χ2n) is 4.98. The predicted octanol–water partition coefficient (Wildman–Crippen LogP) is 2.96. The van der Waals surface area contributed by atoms with E-state index in [4.69, 9.17) is 4.42 Å². The van der Waals surface area contributed by atoms with Crippen LogP contribution in [0.25, 0.3) is 0 Å². The van der Waals surface area contributed by atoms with Gasteiger partial charge in [0.15, 0.2) is 6.39 Å². The van der Waals surface area contributed by atoms with Gasteiger partial charge in [-0.25, -0.2) is 14.8 Å². The van der Waals surface area contributed by atoms with Crippen molar-refractivity contribution in [3.63, 3.8) is 0 Å². The summed E-state index contributed by atoms with van der Waals surface area (Å²) in [5, 5.41) is 3.87. The molecule has 2 aromatic heterocycles. The summed E-state index contributed by atoms with van der Waals surface area (Å²) >= 11 is 1.63. The molecule has 1 N–H and O–H groups in total. The monoisotopic (exact) mass is 308 g/mol. The van der Waals surface area contributed by atoms with Crippen LogP contribution in [-0.2, 0) is 6.54 Å². The fourth-order valence-corrected chi connectivity index (χ4v) is 3.09. The molecule has 0 aliphatic carbocycles. The third kappa shape index (κ3) is 3.41. The molecule has 2 heterocycles. The molecule has 6 nitrogen and oxygen atoms in total. The van der Waals surface area contributed by atoms with Crippen LogP contribution in [0.3, 0.4) is 0 Å². The van der Waals surface area contributed by atoms with Crippen LogP contribution in [0.4, 0.5) is 4.79 Å². The van der Waals surface area contributed by atoms with Gasteiger partial charge in [-0.05, 0) is 27.7 Å². The van der Waals surface area contributed by atoms with Crippen molar-refractivity contribution in [2.24, 2.45) is 0 Å². The standard InChI is InChI=1S/C14H20N4O2S/c1-8-13(21-11(4)17-8)9(2)18(5)14(19)15-6-12-10(3)20-7-16-12/h7,9H,6H2,1-5H3,(H,15,19). The molecule has 2 aromatic rings. The number of hydrogen-bond donors (Lipinski definition) is 1. The Kier molecular flexibility index (Phi) is 4.62. The van der Waals surface area contributed by atoms with E-state index in [2.05, 4.69) is 15.3 Å². The largest absolute Gasteiger partial charge is 0.448 e. The van der Waals surface area contributed by atoms with E-state index in [1.165, 1.54) is 6.39 Å². The number of carbonyl (C=O) groups excluding carboxylic acids is 1. The summed E-state index contributed by atoms with van der Waals surface area (Å²) in [6, 6.07) is -0.162. The molecule has 0 radical (unpaired) electrons. The molecule has 2 rings (SSSR count). The van der Waals surface area contributed by atoms with Gasteiger partial charge in [0.05, 0.1) is 23.3 Å². The van der Waals surface area contributed by atoms with Gasteiger partial charge in [-0.3, -0.25) is 0 Å². The average molecular weight is 308 g/mol. The number of oxazole rings is 1. The third-order valence-electron chi connectivity index (χ3n) is 3.47. The van der Waals surface area contributed by atoms with Crippen molar-refractivity contribution in [1.82, 2.24) is 20.2 Å². The lowest BCUT2D eigenvalue weighted by Crippen LogP contribution is -2.38. The molecular weight excluding hydrogens is 288 g/mol. The summed E-state index contributed by atoms with van der Waals surface area (Å²) in [7, 11) is 1.78.